The molecule has 1 aliphatic rings. The summed E-state index contributed by atoms with van der Waals surface area (Å²) in [5, 5.41) is 9.84. The number of aliphatic hydroxyl groups excluding tert-OH is 1. The van der Waals surface area contributed by atoms with Crippen molar-refractivity contribution >= 4 is 21.6 Å². The van der Waals surface area contributed by atoms with E-state index in [0.717, 1.165) is 6.07 Å². The van der Waals surface area contributed by atoms with E-state index in [1.807, 2.05) is 6.92 Å². The molecule has 1 fully saturated rings. The van der Waals surface area contributed by atoms with Gasteiger partial charge in [-0.1, -0.05) is 22.9 Å². The van der Waals surface area contributed by atoms with E-state index in [2.05, 4.69) is 15.9 Å². The van der Waals surface area contributed by atoms with Gasteiger partial charge < -0.3 is 10.0 Å². The average Bonchev–Trinajstić information content (AvgIpc) is 2.31. The van der Waals surface area contributed by atoms with Crippen LogP contribution in [0.15, 0.2) is 22.7 Å². The molecule has 1 saturated heterocycles. The largest absolute Gasteiger partial charge is 0.418 e. The topological polar surface area (TPSA) is 23.5 Å². The van der Waals surface area contributed by atoms with Gasteiger partial charge in [0.25, 0.3) is 0 Å². The van der Waals surface area contributed by atoms with Crippen LogP contribution in [0.5, 0.6) is 0 Å². The lowest BCUT2D eigenvalue weighted by Crippen LogP contribution is -2.43. The van der Waals surface area contributed by atoms with Crippen LogP contribution >= 0.6 is 15.9 Å². The van der Waals surface area contributed by atoms with E-state index in [4.69, 9.17) is 0 Å². The molecule has 1 aromatic rings. The summed E-state index contributed by atoms with van der Waals surface area (Å²) < 4.78 is 39.6. The highest BCUT2D eigenvalue weighted by atomic mass is 79.9. The van der Waals surface area contributed by atoms with Crippen LogP contribution in [0.1, 0.15) is 18.9 Å². The number of hydrogen-bond acceptors (Lipinski definition) is 2. The van der Waals surface area contributed by atoms with Crippen LogP contribution in [-0.2, 0) is 6.18 Å². The number of anilines is 1. The first-order valence-corrected chi connectivity index (χ1v) is 6.88. The molecule has 2 atom stereocenters. The van der Waals surface area contributed by atoms with Crippen molar-refractivity contribution < 1.29 is 18.3 Å². The van der Waals surface area contributed by atoms with Crippen molar-refractivity contribution in [2.45, 2.75) is 25.6 Å². The molecule has 1 aliphatic heterocycles. The Labute approximate surface area is 118 Å². The summed E-state index contributed by atoms with van der Waals surface area (Å²) in [6.45, 7) is 2.67. The number of alkyl halides is 3. The van der Waals surface area contributed by atoms with Crippen molar-refractivity contribution in [2.24, 2.45) is 5.92 Å². The molecule has 0 aromatic heterocycles. The van der Waals surface area contributed by atoms with Crippen LogP contribution < -0.4 is 4.90 Å². The fraction of sp³-hybridized carbons (Fsp3) is 0.538. The van der Waals surface area contributed by atoms with Gasteiger partial charge in [0.1, 0.15) is 0 Å². The molecule has 19 heavy (non-hydrogen) atoms. The monoisotopic (exact) mass is 337 g/mol. The maximum absolute atomic E-state index is 13.0. The third kappa shape index (κ3) is 3.23. The van der Waals surface area contributed by atoms with E-state index < -0.39 is 17.8 Å². The molecule has 2 unspecified atom stereocenters. The van der Waals surface area contributed by atoms with Gasteiger partial charge in [-0.15, -0.1) is 0 Å². The summed E-state index contributed by atoms with van der Waals surface area (Å²) in [4.78, 5) is 1.61. The minimum absolute atomic E-state index is 0.123. The minimum Gasteiger partial charge on any atom is -0.391 e. The van der Waals surface area contributed by atoms with Crippen LogP contribution in [0.3, 0.4) is 0 Å². The quantitative estimate of drug-likeness (QED) is 0.845. The highest BCUT2D eigenvalue weighted by molar-refractivity contribution is 9.10. The Morgan fingerprint density at radius 1 is 1.37 bits per heavy atom. The lowest BCUT2D eigenvalue weighted by molar-refractivity contribution is -0.137. The van der Waals surface area contributed by atoms with Crippen LogP contribution in [0, 0.1) is 5.92 Å². The second kappa shape index (κ2) is 5.32. The number of halogens is 4. The average molecular weight is 338 g/mol. The molecule has 6 heteroatoms. The Balaban J connectivity index is 2.36. The SMILES string of the molecule is CC1CCN(c2cc(Br)ccc2C(F)(F)F)CC1O. The molecule has 2 nitrogen and oxygen atoms in total. The van der Waals surface area contributed by atoms with E-state index in [9.17, 15) is 18.3 Å². The number of nitrogens with zero attached hydrogens (tertiary/aromatic N) is 1. The number of β-amino-alcohol motifs (C(OH)–C–C–N with tert-alkyl or cyclic N) is 1. The second-order valence-electron chi connectivity index (χ2n) is 4.94. The molecule has 0 saturated carbocycles. The predicted molar refractivity (Wildman–Crippen MR) is 71.1 cm³/mol. The third-order valence-electron chi connectivity index (χ3n) is 3.52. The zero-order valence-electron chi connectivity index (χ0n) is 10.4. The zero-order valence-corrected chi connectivity index (χ0v) is 12.0. The van der Waals surface area contributed by atoms with E-state index in [1.165, 1.54) is 12.1 Å². The normalized spacial score (nSPS) is 24.6. The molecule has 1 N–H and O–H groups in total. The van der Waals surface area contributed by atoms with E-state index in [0.29, 0.717) is 17.4 Å². The molecule has 2 rings (SSSR count). The summed E-state index contributed by atoms with van der Waals surface area (Å²) in [6, 6.07) is 3.92. The first-order valence-electron chi connectivity index (χ1n) is 6.09. The van der Waals surface area contributed by atoms with Crippen LogP contribution in [0.25, 0.3) is 0 Å². The molecular weight excluding hydrogens is 323 g/mol. The summed E-state index contributed by atoms with van der Waals surface area (Å²) in [5.74, 6) is 0.123. The molecule has 0 amide bonds. The van der Waals surface area contributed by atoms with Gasteiger partial charge in [-0.05, 0) is 30.5 Å². The van der Waals surface area contributed by atoms with Gasteiger partial charge in [0.15, 0.2) is 0 Å². The maximum Gasteiger partial charge on any atom is 0.418 e. The smallest absolute Gasteiger partial charge is 0.391 e. The number of benzene rings is 1. The van der Waals surface area contributed by atoms with E-state index in [1.54, 1.807) is 4.90 Å². The zero-order chi connectivity index (χ0) is 14.2. The molecular formula is C13H15BrF3NO. The molecule has 0 aliphatic carbocycles. The van der Waals surface area contributed by atoms with Crippen LogP contribution in [-0.4, -0.2) is 24.3 Å². The summed E-state index contributed by atoms with van der Waals surface area (Å²) in [7, 11) is 0. The van der Waals surface area contributed by atoms with Crippen molar-refractivity contribution in [1.29, 1.82) is 0 Å². The second-order valence-corrected chi connectivity index (χ2v) is 5.85. The fourth-order valence-corrected chi connectivity index (χ4v) is 2.62. The molecule has 1 heterocycles. The molecule has 0 bridgehead atoms. The number of hydrogen-bond donors (Lipinski definition) is 1. The first kappa shape index (κ1) is 14.7. The Morgan fingerprint density at radius 2 is 2.05 bits per heavy atom. The highest BCUT2D eigenvalue weighted by Crippen LogP contribution is 2.39. The van der Waals surface area contributed by atoms with E-state index in [-0.39, 0.29) is 18.2 Å². The lowest BCUT2D eigenvalue weighted by atomic mass is 9.95. The highest BCUT2D eigenvalue weighted by Gasteiger charge is 2.36. The summed E-state index contributed by atoms with van der Waals surface area (Å²) in [5.41, 5.74) is -0.523. The predicted octanol–water partition coefficient (Wildman–Crippen LogP) is 3.68. The molecule has 0 spiro atoms. The van der Waals surface area contributed by atoms with Crippen molar-refractivity contribution in [3.63, 3.8) is 0 Å². The van der Waals surface area contributed by atoms with Gasteiger partial charge in [0, 0.05) is 17.6 Å². The van der Waals surface area contributed by atoms with E-state index >= 15 is 0 Å². The Kier molecular flexibility index (Phi) is 4.11. The molecule has 106 valence electrons. The number of aliphatic hydroxyl groups is 1. The Hall–Kier alpha value is -0.750. The van der Waals surface area contributed by atoms with Gasteiger partial charge in [-0.25, -0.2) is 0 Å². The summed E-state index contributed by atoms with van der Waals surface area (Å²) >= 11 is 3.20. The number of piperidine rings is 1. The van der Waals surface area contributed by atoms with Gasteiger partial charge in [0.05, 0.1) is 17.4 Å². The molecule has 0 radical (unpaired) electrons. The van der Waals surface area contributed by atoms with Crippen molar-refractivity contribution in [2.75, 3.05) is 18.0 Å². The fourth-order valence-electron chi connectivity index (χ4n) is 2.27. The van der Waals surface area contributed by atoms with Crippen LogP contribution in [0.2, 0.25) is 0 Å². The van der Waals surface area contributed by atoms with Gasteiger partial charge >= 0.3 is 6.18 Å². The van der Waals surface area contributed by atoms with Gasteiger partial charge in [0.2, 0.25) is 0 Å². The molecule has 1 aromatic carbocycles. The maximum atomic E-state index is 13.0. The first-order chi connectivity index (χ1) is 8.79. The third-order valence-corrected chi connectivity index (χ3v) is 4.02. The van der Waals surface area contributed by atoms with Crippen molar-refractivity contribution in [1.82, 2.24) is 0 Å². The number of rotatable bonds is 1. The Morgan fingerprint density at radius 3 is 2.63 bits per heavy atom. The van der Waals surface area contributed by atoms with Gasteiger partial charge in [-0.3, -0.25) is 0 Å². The van der Waals surface area contributed by atoms with Crippen molar-refractivity contribution in [3.8, 4) is 0 Å². The van der Waals surface area contributed by atoms with Gasteiger partial charge in [-0.2, -0.15) is 13.2 Å². The summed E-state index contributed by atoms with van der Waals surface area (Å²) in [6.07, 6.45) is -4.29. The standard InChI is InChI=1S/C13H15BrF3NO/c1-8-4-5-18(7-12(8)19)11-6-9(14)2-3-10(11)13(15,16)17/h2-3,6,8,12,19H,4-5,7H2,1H3. The Bertz CT molecular complexity index is 464. The van der Waals surface area contributed by atoms with Crippen molar-refractivity contribution in [3.05, 3.63) is 28.2 Å². The lowest BCUT2D eigenvalue weighted by Gasteiger charge is -2.37. The van der Waals surface area contributed by atoms with Crippen LogP contribution in [0.4, 0.5) is 18.9 Å². The minimum atomic E-state index is -4.38.